The lowest BCUT2D eigenvalue weighted by molar-refractivity contribution is 0.0936. The van der Waals surface area contributed by atoms with Crippen molar-refractivity contribution in [1.82, 2.24) is 5.32 Å². The van der Waals surface area contributed by atoms with Crippen LogP contribution in [0.2, 0.25) is 5.02 Å². The van der Waals surface area contributed by atoms with Crippen molar-refractivity contribution in [2.75, 3.05) is 6.26 Å². The van der Waals surface area contributed by atoms with Crippen LogP contribution in [0.25, 0.3) is 0 Å². The van der Waals surface area contributed by atoms with Gasteiger partial charge < -0.3 is 5.32 Å². The van der Waals surface area contributed by atoms with Gasteiger partial charge in [-0.05, 0) is 47.4 Å². The molecule has 0 bridgehead atoms. The van der Waals surface area contributed by atoms with Crippen LogP contribution in [-0.2, 0) is 22.0 Å². The van der Waals surface area contributed by atoms with Gasteiger partial charge in [0.1, 0.15) is 0 Å². The summed E-state index contributed by atoms with van der Waals surface area (Å²) in [6, 6.07) is 23.8. The summed E-state index contributed by atoms with van der Waals surface area (Å²) < 4.78 is 23.1. The van der Waals surface area contributed by atoms with Crippen molar-refractivity contribution in [1.29, 1.82) is 0 Å². The lowest BCUT2D eigenvalue weighted by Crippen LogP contribution is -2.30. The Bertz CT molecular complexity index is 1080. The SMILES string of the molecule is CS(=O)(=O)Cc1cccc(C(=O)NC(Cc2ccc(Cl)cc2)c2ccccc2)c1. The van der Waals surface area contributed by atoms with E-state index in [9.17, 15) is 13.2 Å². The third kappa shape index (κ3) is 6.44. The summed E-state index contributed by atoms with van der Waals surface area (Å²) in [5.74, 6) is -0.343. The fourth-order valence-electron chi connectivity index (χ4n) is 3.14. The number of hydrogen-bond acceptors (Lipinski definition) is 3. The van der Waals surface area contributed by atoms with Crippen molar-refractivity contribution in [3.63, 3.8) is 0 Å². The minimum atomic E-state index is -3.17. The molecule has 1 amide bonds. The molecule has 0 saturated heterocycles. The molecule has 1 atom stereocenters. The van der Waals surface area contributed by atoms with E-state index in [4.69, 9.17) is 11.6 Å². The molecule has 0 aromatic heterocycles. The number of rotatable bonds is 7. The highest BCUT2D eigenvalue weighted by molar-refractivity contribution is 7.89. The van der Waals surface area contributed by atoms with Crippen molar-refractivity contribution >= 4 is 27.3 Å². The molecule has 0 heterocycles. The van der Waals surface area contributed by atoms with E-state index in [1.165, 1.54) is 6.26 Å². The largest absolute Gasteiger partial charge is 0.345 e. The van der Waals surface area contributed by atoms with Crippen LogP contribution in [0.15, 0.2) is 78.9 Å². The van der Waals surface area contributed by atoms with Crippen LogP contribution < -0.4 is 5.32 Å². The number of hydrogen-bond donors (Lipinski definition) is 1. The zero-order valence-corrected chi connectivity index (χ0v) is 17.6. The zero-order chi connectivity index (χ0) is 20.9. The highest BCUT2D eigenvalue weighted by Crippen LogP contribution is 2.21. The molecule has 4 nitrogen and oxygen atoms in total. The Morgan fingerprint density at radius 3 is 2.28 bits per heavy atom. The van der Waals surface area contributed by atoms with Gasteiger partial charge in [-0.25, -0.2) is 8.42 Å². The molecule has 3 rings (SSSR count). The van der Waals surface area contributed by atoms with E-state index in [1.54, 1.807) is 24.3 Å². The number of sulfone groups is 1. The van der Waals surface area contributed by atoms with Crippen molar-refractivity contribution in [3.05, 3.63) is 106 Å². The number of halogens is 1. The first-order chi connectivity index (χ1) is 13.8. The number of benzene rings is 3. The van der Waals surface area contributed by atoms with Crippen molar-refractivity contribution in [2.45, 2.75) is 18.2 Å². The quantitative estimate of drug-likeness (QED) is 0.599. The molecule has 0 fully saturated rings. The summed E-state index contributed by atoms with van der Waals surface area (Å²) in [5, 5.41) is 3.75. The maximum atomic E-state index is 12.9. The van der Waals surface area contributed by atoms with Crippen LogP contribution in [0.4, 0.5) is 0 Å². The molecule has 1 N–H and O–H groups in total. The van der Waals surface area contributed by atoms with E-state index >= 15 is 0 Å². The zero-order valence-electron chi connectivity index (χ0n) is 16.0. The van der Waals surface area contributed by atoms with Gasteiger partial charge in [-0.2, -0.15) is 0 Å². The minimum absolute atomic E-state index is 0.0962. The molecule has 6 heteroatoms. The Kier molecular flexibility index (Phi) is 6.72. The molecular weight excluding hydrogens is 406 g/mol. The van der Waals surface area contributed by atoms with E-state index in [1.807, 2.05) is 54.6 Å². The molecule has 29 heavy (non-hydrogen) atoms. The Morgan fingerprint density at radius 2 is 1.62 bits per heavy atom. The van der Waals surface area contributed by atoms with Gasteiger partial charge in [0.25, 0.3) is 5.91 Å². The lowest BCUT2D eigenvalue weighted by Gasteiger charge is -2.20. The van der Waals surface area contributed by atoms with Gasteiger partial charge in [0.05, 0.1) is 11.8 Å². The van der Waals surface area contributed by atoms with E-state index in [0.29, 0.717) is 22.6 Å². The Labute approximate surface area is 176 Å². The van der Waals surface area contributed by atoms with Crippen LogP contribution in [-0.4, -0.2) is 20.6 Å². The first-order valence-corrected chi connectivity index (χ1v) is 11.6. The van der Waals surface area contributed by atoms with E-state index in [2.05, 4.69) is 5.32 Å². The normalized spacial score (nSPS) is 12.3. The van der Waals surface area contributed by atoms with Crippen LogP contribution in [0.3, 0.4) is 0 Å². The van der Waals surface area contributed by atoms with E-state index < -0.39 is 9.84 Å². The summed E-state index contributed by atoms with van der Waals surface area (Å²) in [6.07, 6.45) is 1.78. The number of nitrogens with one attached hydrogen (secondary N) is 1. The first kappa shape index (κ1) is 21.1. The van der Waals surface area contributed by atoms with Gasteiger partial charge in [-0.3, -0.25) is 4.79 Å². The van der Waals surface area contributed by atoms with Crippen molar-refractivity contribution in [2.24, 2.45) is 0 Å². The van der Waals surface area contributed by atoms with Gasteiger partial charge in [0.2, 0.25) is 0 Å². The highest BCUT2D eigenvalue weighted by atomic mass is 35.5. The molecule has 0 aliphatic rings. The van der Waals surface area contributed by atoms with Crippen molar-refractivity contribution < 1.29 is 13.2 Å². The molecule has 0 aliphatic carbocycles. The fraction of sp³-hybridized carbons (Fsp3) is 0.174. The predicted molar refractivity (Wildman–Crippen MR) is 117 cm³/mol. The summed E-state index contributed by atoms with van der Waals surface area (Å²) >= 11 is 5.98. The maximum absolute atomic E-state index is 12.9. The highest BCUT2D eigenvalue weighted by Gasteiger charge is 2.17. The van der Waals surface area contributed by atoms with Gasteiger partial charge in [0.15, 0.2) is 9.84 Å². The third-order valence-electron chi connectivity index (χ3n) is 4.48. The lowest BCUT2D eigenvalue weighted by atomic mass is 9.98. The second-order valence-corrected chi connectivity index (χ2v) is 9.61. The average Bonchev–Trinajstić information content (AvgIpc) is 2.68. The molecule has 150 valence electrons. The standard InChI is InChI=1S/C23H22ClNO3S/c1-29(27,28)16-18-6-5-9-20(14-18)23(26)25-22(19-7-3-2-4-8-19)15-17-10-12-21(24)13-11-17/h2-14,22H,15-16H2,1H3,(H,25,26). The number of amides is 1. The molecule has 0 spiro atoms. The topological polar surface area (TPSA) is 63.2 Å². The van der Waals surface area contributed by atoms with Crippen molar-refractivity contribution in [3.8, 4) is 0 Å². The molecule has 0 aliphatic heterocycles. The molecule has 3 aromatic carbocycles. The van der Waals surface area contributed by atoms with Crippen LogP contribution in [0, 0.1) is 0 Å². The molecule has 3 aromatic rings. The van der Waals surface area contributed by atoms with Crippen LogP contribution in [0.5, 0.6) is 0 Å². The molecule has 0 radical (unpaired) electrons. The fourth-order valence-corrected chi connectivity index (χ4v) is 4.05. The monoisotopic (exact) mass is 427 g/mol. The molecule has 1 unspecified atom stereocenters. The van der Waals surface area contributed by atoms with Gasteiger partial charge in [0, 0.05) is 16.8 Å². The number of carbonyl (C=O) groups is 1. The Hall–Kier alpha value is -2.63. The summed E-state index contributed by atoms with van der Waals surface area (Å²) in [4.78, 5) is 12.9. The van der Waals surface area contributed by atoms with Gasteiger partial charge in [-0.1, -0.05) is 66.2 Å². The van der Waals surface area contributed by atoms with E-state index in [-0.39, 0.29) is 17.7 Å². The minimum Gasteiger partial charge on any atom is -0.345 e. The first-order valence-electron chi connectivity index (χ1n) is 9.17. The van der Waals surface area contributed by atoms with E-state index in [0.717, 1.165) is 11.1 Å². The third-order valence-corrected chi connectivity index (χ3v) is 5.59. The molecular formula is C23H22ClNO3S. The Balaban J connectivity index is 1.83. The predicted octanol–water partition coefficient (Wildman–Crippen LogP) is 4.60. The molecule has 0 saturated carbocycles. The van der Waals surface area contributed by atoms with Gasteiger partial charge >= 0.3 is 0 Å². The maximum Gasteiger partial charge on any atom is 0.251 e. The summed E-state index contributed by atoms with van der Waals surface area (Å²) in [5.41, 5.74) is 3.06. The summed E-state index contributed by atoms with van der Waals surface area (Å²) in [6.45, 7) is 0. The second kappa shape index (κ2) is 9.25. The average molecular weight is 428 g/mol. The smallest absolute Gasteiger partial charge is 0.251 e. The van der Waals surface area contributed by atoms with Crippen LogP contribution >= 0.6 is 11.6 Å². The van der Waals surface area contributed by atoms with Crippen LogP contribution in [0.1, 0.15) is 33.1 Å². The second-order valence-electron chi connectivity index (χ2n) is 7.04. The Morgan fingerprint density at radius 1 is 0.931 bits per heavy atom. The number of carbonyl (C=O) groups excluding carboxylic acids is 1. The summed E-state index contributed by atoms with van der Waals surface area (Å²) in [7, 11) is -3.17. The van der Waals surface area contributed by atoms with Gasteiger partial charge in [-0.15, -0.1) is 0 Å².